The van der Waals surface area contributed by atoms with Gasteiger partial charge in [0.1, 0.15) is 0 Å². The maximum absolute atomic E-state index is 11.0. The Morgan fingerprint density at radius 3 is 2.40 bits per heavy atom. The Morgan fingerprint density at radius 2 is 1.87 bits per heavy atom. The van der Waals surface area contributed by atoms with Crippen LogP contribution in [0.25, 0.3) is 5.57 Å². The second-order valence-electron chi connectivity index (χ2n) is 3.65. The molecule has 80 valence electrons. The van der Waals surface area contributed by atoms with Crippen molar-refractivity contribution >= 4 is 11.5 Å². The first-order chi connectivity index (χ1) is 7.11. The van der Waals surface area contributed by atoms with Crippen molar-refractivity contribution in [1.29, 1.82) is 0 Å². The fraction of sp³-hybridized carbons (Fsp3) is 0.308. The van der Waals surface area contributed by atoms with Crippen LogP contribution in [0.1, 0.15) is 19.4 Å². The molecule has 2 heteroatoms. The van der Waals surface area contributed by atoms with Crippen LogP contribution in [-0.4, -0.2) is 24.4 Å². The van der Waals surface area contributed by atoms with E-state index in [0.717, 1.165) is 0 Å². The number of hydrogen-bond donors (Lipinski definition) is 0. The Morgan fingerprint density at radius 1 is 1.27 bits per heavy atom. The smallest absolute Gasteiger partial charge is 0.219 e. The standard InChI is InChI=1S/C13H17NO/c1-11(9-10-14(3)12(2)15)13-7-5-4-6-8-13/h4-9H,10H2,1-3H3/b11-9-. The number of carbonyl (C=O) groups is 1. The molecule has 0 aliphatic rings. The van der Waals surface area contributed by atoms with Crippen molar-refractivity contribution in [2.24, 2.45) is 0 Å². The molecule has 0 heterocycles. The number of hydrogen-bond acceptors (Lipinski definition) is 1. The van der Waals surface area contributed by atoms with Crippen molar-refractivity contribution in [2.45, 2.75) is 13.8 Å². The normalized spacial score (nSPS) is 11.3. The van der Waals surface area contributed by atoms with Crippen molar-refractivity contribution in [3.63, 3.8) is 0 Å². The summed E-state index contributed by atoms with van der Waals surface area (Å²) in [7, 11) is 1.80. The van der Waals surface area contributed by atoms with Crippen molar-refractivity contribution in [2.75, 3.05) is 13.6 Å². The molecule has 0 aromatic heterocycles. The summed E-state index contributed by atoms with van der Waals surface area (Å²) in [6.07, 6.45) is 2.07. The number of amides is 1. The van der Waals surface area contributed by atoms with Gasteiger partial charge in [-0.15, -0.1) is 0 Å². The summed E-state index contributed by atoms with van der Waals surface area (Å²) in [5.41, 5.74) is 2.40. The number of rotatable bonds is 3. The maximum atomic E-state index is 11.0. The molecule has 15 heavy (non-hydrogen) atoms. The van der Waals surface area contributed by atoms with Crippen molar-refractivity contribution in [3.05, 3.63) is 42.0 Å². The zero-order valence-electron chi connectivity index (χ0n) is 9.53. The van der Waals surface area contributed by atoms with Gasteiger partial charge in [0.15, 0.2) is 0 Å². The molecule has 0 spiro atoms. The van der Waals surface area contributed by atoms with E-state index in [-0.39, 0.29) is 5.91 Å². The molecule has 1 aromatic carbocycles. The van der Waals surface area contributed by atoms with E-state index in [1.54, 1.807) is 18.9 Å². The zero-order chi connectivity index (χ0) is 11.3. The average Bonchev–Trinajstić information content (AvgIpc) is 2.26. The Kier molecular flexibility index (Phi) is 4.10. The third kappa shape index (κ3) is 3.58. The van der Waals surface area contributed by atoms with Crippen LogP contribution >= 0.6 is 0 Å². The van der Waals surface area contributed by atoms with Crippen LogP contribution in [0.2, 0.25) is 0 Å². The monoisotopic (exact) mass is 203 g/mol. The third-order valence-electron chi connectivity index (χ3n) is 2.44. The van der Waals surface area contributed by atoms with Crippen LogP contribution < -0.4 is 0 Å². The predicted octanol–water partition coefficient (Wildman–Crippen LogP) is 2.57. The molecule has 0 saturated heterocycles. The Labute approximate surface area is 91.2 Å². The fourth-order valence-corrected chi connectivity index (χ4v) is 1.22. The molecule has 0 N–H and O–H groups in total. The highest BCUT2D eigenvalue weighted by atomic mass is 16.2. The van der Waals surface area contributed by atoms with Gasteiger partial charge < -0.3 is 4.90 Å². The first-order valence-corrected chi connectivity index (χ1v) is 5.05. The highest BCUT2D eigenvalue weighted by molar-refractivity contribution is 5.73. The molecular formula is C13H17NO. The van der Waals surface area contributed by atoms with Gasteiger partial charge in [-0.3, -0.25) is 4.79 Å². The average molecular weight is 203 g/mol. The Bertz CT molecular complexity index is 354. The number of nitrogens with zero attached hydrogens (tertiary/aromatic N) is 1. The first-order valence-electron chi connectivity index (χ1n) is 5.05. The highest BCUT2D eigenvalue weighted by Crippen LogP contribution is 2.12. The minimum absolute atomic E-state index is 0.0899. The van der Waals surface area contributed by atoms with E-state index in [9.17, 15) is 4.79 Å². The van der Waals surface area contributed by atoms with E-state index >= 15 is 0 Å². The van der Waals surface area contributed by atoms with Gasteiger partial charge in [-0.2, -0.15) is 0 Å². The lowest BCUT2D eigenvalue weighted by molar-refractivity contribution is -0.127. The molecule has 0 atom stereocenters. The Balaban J connectivity index is 2.65. The van der Waals surface area contributed by atoms with Gasteiger partial charge in [0, 0.05) is 20.5 Å². The van der Waals surface area contributed by atoms with E-state index in [1.165, 1.54) is 11.1 Å². The molecule has 0 unspecified atom stereocenters. The quantitative estimate of drug-likeness (QED) is 0.739. The largest absolute Gasteiger partial charge is 0.342 e. The van der Waals surface area contributed by atoms with Crippen LogP contribution in [-0.2, 0) is 4.79 Å². The third-order valence-corrected chi connectivity index (χ3v) is 2.44. The van der Waals surface area contributed by atoms with Gasteiger partial charge in [-0.05, 0) is 18.1 Å². The molecular weight excluding hydrogens is 186 g/mol. The molecule has 0 fully saturated rings. The first kappa shape index (κ1) is 11.5. The molecule has 0 radical (unpaired) electrons. The van der Waals surface area contributed by atoms with E-state index in [4.69, 9.17) is 0 Å². The second kappa shape index (κ2) is 5.35. The van der Waals surface area contributed by atoms with Crippen molar-refractivity contribution in [3.8, 4) is 0 Å². The maximum Gasteiger partial charge on any atom is 0.219 e. The van der Waals surface area contributed by atoms with Crippen LogP contribution in [0.15, 0.2) is 36.4 Å². The molecule has 1 amide bonds. The van der Waals surface area contributed by atoms with Gasteiger partial charge >= 0.3 is 0 Å². The van der Waals surface area contributed by atoms with Gasteiger partial charge in [-0.25, -0.2) is 0 Å². The predicted molar refractivity (Wildman–Crippen MR) is 63.4 cm³/mol. The van der Waals surface area contributed by atoms with E-state index < -0.39 is 0 Å². The van der Waals surface area contributed by atoms with Crippen molar-refractivity contribution < 1.29 is 4.79 Å². The van der Waals surface area contributed by atoms with Gasteiger partial charge in [0.05, 0.1) is 0 Å². The summed E-state index contributed by atoms with van der Waals surface area (Å²) >= 11 is 0. The fourth-order valence-electron chi connectivity index (χ4n) is 1.22. The van der Waals surface area contributed by atoms with Crippen LogP contribution in [0.4, 0.5) is 0 Å². The van der Waals surface area contributed by atoms with Gasteiger partial charge in [-0.1, -0.05) is 36.4 Å². The summed E-state index contributed by atoms with van der Waals surface area (Å²) < 4.78 is 0. The lowest BCUT2D eigenvalue weighted by atomic mass is 10.1. The number of likely N-dealkylation sites (N-methyl/N-ethyl adjacent to an activating group) is 1. The minimum Gasteiger partial charge on any atom is -0.342 e. The number of carbonyl (C=O) groups excluding carboxylic acids is 1. The van der Waals surface area contributed by atoms with E-state index in [0.29, 0.717) is 6.54 Å². The molecule has 0 bridgehead atoms. The number of benzene rings is 1. The summed E-state index contributed by atoms with van der Waals surface area (Å²) in [5.74, 6) is 0.0899. The second-order valence-corrected chi connectivity index (χ2v) is 3.65. The summed E-state index contributed by atoms with van der Waals surface area (Å²) in [4.78, 5) is 12.7. The molecule has 1 rings (SSSR count). The Hall–Kier alpha value is -1.57. The lowest BCUT2D eigenvalue weighted by Gasteiger charge is -2.12. The summed E-state index contributed by atoms with van der Waals surface area (Å²) in [6.45, 7) is 4.30. The van der Waals surface area contributed by atoms with Crippen LogP contribution in [0, 0.1) is 0 Å². The topological polar surface area (TPSA) is 20.3 Å². The molecule has 2 nitrogen and oxygen atoms in total. The molecule has 1 aromatic rings. The molecule has 0 aliphatic carbocycles. The summed E-state index contributed by atoms with van der Waals surface area (Å²) in [5, 5.41) is 0. The zero-order valence-corrected chi connectivity index (χ0v) is 9.53. The van der Waals surface area contributed by atoms with E-state index in [2.05, 4.69) is 25.1 Å². The minimum atomic E-state index is 0.0899. The highest BCUT2D eigenvalue weighted by Gasteiger charge is 1.99. The molecule has 0 aliphatic heterocycles. The van der Waals surface area contributed by atoms with E-state index in [1.807, 2.05) is 18.2 Å². The summed E-state index contributed by atoms with van der Waals surface area (Å²) in [6, 6.07) is 10.2. The van der Waals surface area contributed by atoms with Crippen LogP contribution in [0.5, 0.6) is 0 Å². The number of allylic oxidation sites excluding steroid dienone is 1. The van der Waals surface area contributed by atoms with Gasteiger partial charge in [0.2, 0.25) is 5.91 Å². The van der Waals surface area contributed by atoms with Gasteiger partial charge in [0.25, 0.3) is 0 Å². The lowest BCUT2D eigenvalue weighted by Crippen LogP contribution is -2.23. The SMILES string of the molecule is CC(=O)N(C)C/C=C(/C)c1ccccc1. The molecule has 0 saturated carbocycles. The van der Waals surface area contributed by atoms with Crippen LogP contribution in [0.3, 0.4) is 0 Å². The van der Waals surface area contributed by atoms with Crippen molar-refractivity contribution in [1.82, 2.24) is 4.90 Å².